The molecule has 1 aromatic rings. The molecule has 1 aromatic carbocycles. The Morgan fingerprint density at radius 3 is 2.08 bits per heavy atom. The maximum absolute atomic E-state index is 11.8. The van der Waals surface area contributed by atoms with E-state index >= 15 is 0 Å². The number of rotatable bonds is 2. The molecule has 0 atom stereocenters. The second-order valence-corrected chi connectivity index (χ2v) is 4.03. The van der Waals surface area contributed by atoms with Gasteiger partial charge < -0.3 is 4.74 Å². The lowest BCUT2D eigenvalue weighted by Crippen LogP contribution is -2.10. The second kappa shape index (κ2) is 3.77. The smallest absolute Gasteiger partial charge is 0.228 e. The van der Waals surface area contributed by atoms with Gasteiger partial charge in [0.1, 0.15) is 5.75 Å². The summed E-state index contributed by atoms with van der Waals surface area (Å²) >= 11 is 0. The van der Waals surface area contributed by atoms with Crippen LogP contribution in [-0.4, -0.2) is 6.86 Å². The Balaban J connectivity index is 2.81. The first kappa shape index (κ1) is 10.0. The van der Waals surface area contributed by atoms with Crippen LogP contribution in [0.3, 0.4) is 0 Å². The number of hydrogen-bond donors (Lipinski definition) is 0. The largest absolute Gasteiger partial charge is 0.463 e. The molecule has 0 radical (unpaired) electrons. The zero-order valence-corrected chi connectivity index (χ0v) is 8.30. The zero-order valence-electron chi connectivity index (χ0n) is 8.30. The van der Waals surface area contributed by atoms with Crippen LogP contribution in [0.4, 0.5) is 4.39 Å². The Bertz CT molecular complexity index is 258. The van der Waals surface area contributed by atoms with Crippen molar-refractivity contribution in [3.8, 4) is 5.75 Å². The average Bonchev–Trinajstić information content (AvgIpc) is 2.04. The molecule has 0 amide bonds. The van der Waals surface area contributed by atoms with Crippen molar-refractivity contribution in [3.05, 3.63) is 29.8 Å². The monoisotopic (exact) mass is 182 g/mol. The Morgan fingerprint density at radius 2 is 1.69 bits per heavy atom. The molecule has 1 rings (SSSR count). The van der Waals surface area contributed by atoms with E-state index in [0.717, 1.165) is 0 Å². The molecule has 0 aromatic heterocycles. The fraction of sp³-hybridized carbons (Fsp3) is 0.455. The third-order valence-corrected chi connectivity index (χ3v) is 1.94. The van der Waals surface area contributed by atoms with Crippen LogP contribution in [0.2, 0.25) is 0 Å². The van der Waals surface area contributed by atoms with Crippen molar-refractivity contribution in [1.82, 2.24) is 0 Å². The molecular formula is C11H15FO. The summed E-state index contributed by atoms with van der Waals surface area (Å²) in [6, 6.07) is 7.51. The minimum absolute atomic E-state index is 0.133. The number of halogens is 1. The quantitative estimate of drug-likeness (QED) is 0.682. The van der Waals surface area contributed by atoms with Crippen LogP contribution in [0.1, 0.15) is 26.3 Å². The molecular weight excluding hydrogens is 167 g/mol. The zero-order chi connectivity index (χ0) is 9.90. The van der Waals surface area contributed by atoms with Crippen molar-refractivity contribution in [2.75, 3.05) is 6.86 Å². The predicted octanol–water partition coefficient (Wildman–Crippen LogP) is 3.29. The van der Waals surface area contributed by atoms with Gasteiger partial charge in [-0.25, -0.2) is 4.39 Å². The van der Waals surface area contributed by atoms with E-state index in [2.05, 4.69) is 20.8 Å². The molecule has 0 aliphatic heterocycles. The molecule has 0 saturated heterocycles. The highest BCUT2D eigenvalue weighted by Crippen LogP contribution is 2.24. The number of hydrogen-bond acceptors (Lipinski definition) is 1. The Hall–Kier alpha value is -1.05. The molecule has 0 saturated carbocycles. The van der Waals surface area contributed by atoms with E-state index in [1.54, 1.807) is 12.1 Å². The maximum Gasteiger partial charge on any atom is 0.228 e. The topological polar surface area (TPSA) is 9.23 Å². The minimum atomic E-state index is -0.769. The molecule has 0 unspecified atom stereocenters. The van der Waals surface area contributed by atoms with Crippen molar-refractivity contribution in [3.63, 3.8) is 0 Å². The van der Waals surface area contributed by atoms with E-state index in [9.17, 15) is 4.39 Å². The lowest BCUT2D eigenvalue weighted by molar-refractivity contribution is 0.191. The standard InChI is InChI=1S/C11H15FO/c1-11(2,3)9-4-6-10(7-5-9)13-8-12/h4-7H,8H2,1-3H3. The number of alkyl halides is 1. The van der Waals surface area contributed by atoms with Gasteiger partial charge in [-0.1, -0.05) is 32.9 Å². The third kappa shape index (κ3) is 2.72. The van der Waals surface area contributed by atoms with Gasteiger partial charge in [-0.15, -0.1) is 0 Å². The van der Waals surface area contributed by atoms with E-state index in [4.69, 9.17) is 4.74 Å². The van der Waals surface area contributed by atoms with Gasteiger partial charge in [0.05, 0.1) is 0 Å². The van der Waals surface area contributed by atoms with Crippen molar-refractivity contribution >= 4 is 0 Å². The van der Waals surface area contributed by atoms with Crippen LogP contribution in [0.5, 0.6) is 5.75 Å². The molecule has 0 fully saturated rings. The van der Waals surface area contributed by atoms with E-state index in [1.165, 1.54) is 5.56 Å². The summed E-state index contributed by atoms with van der Waals surface area (Å²) in [5.74, 6) is 0.579. The Kier molecular flexibility index (Phi) is 2.91. The van der Waals surface area contributed by atoms with Crippen molar-refractivity contribution in [1.29, 1.82) is 0 Å². The van der Waals surface area contributed by atoms with Crippen molar-refractivity contribution in [2.24, 2.45) is 0 Å². The average molecular weight is 182 g/mol. The third-order valence-electron chi connectivity index (χ3n) is 1.94. The summed E-state index contributed by atoms with van der Waals surface area (Å²) in [5, 5.41) is 0. The van der Waals surface area contributed by atoms with Crippen LogP contribution >= 0.6 is 0 Å². The van der Waals surface area contributed by atoms with Gasteiger partial charge in [0.25, 0.3) is 0 Å². The predicted molar refractivity (Wildman–Crippen MR) is 51.7 cm³/mol. The highest BCUT2D eigenvalue weighted by molar-refractivity contribution is 5.30. The molecule has 13 heavy (non-hydrogen) atoms. The molecule has 0 spiro atoms. The van der Waals surface area contributed by atoms with Crippen LogP contribution in [0.15, 0.2) is 24.3 Å². The summed E-state index contributed by atoms with van der Waals surface area (Å²) in [7, 11) is 0. The molecule has 72 valence electrons. The van der Waals surface area contributed by atoms with Crippen molar-refractivity contribution in [2.45, 2.75) is 26.2 Å². The van der Waals surface area contributed by atoms with Gasteiger partial charge in [-0.05, 0) is 23.1 Å². The summed E-state index contributed by atoms with van der Waals surface area (Å²) in [6.45, 7) is 5.64. The van der Waals surface area contributed by atoms with E-state index in [0.29, 0.717) is 5.75 Å². The first-order valence-electron chi connectivity index (χ1n) is 4.33. The lowest BCUT2D eigenvalue weighted by Gasteiger charge is -2.18. The highest BCUT2D eigenvalue weighted by atomic mass is 19.1. The lowest BCUT2D eigenvalue weighted by atomic mass is 9.87. The molecule has 0 aliphatic rings. The van der Waals surface area contributed by atoms with Gasteiger partial charge in [0.15, 0.2) is 0 Å². The second-order valence-electron chi connectivity index (χ2n) is 4.03. The van der Waals surface area contributed by atoms with Crippen LogP contribution in [0.25, 0.3) is 0 Å². The SMILES string of the molecule is CC(C)(C)c1ccc(OCF)cc1. The number of ether oxygens (including phenoxy) is 1. The molecule has 0 aliphatic carbocycles. The highest BCUT2D eigenvalue weighted by Gasteiger charge is 2.12. The summed E-state index contributed by atoms with van der Waals surface area (Å²) in [5.41, 5.74) is 1.35. The minimum Gasteiger partial charge on any atom is -0.463 e. The Morgan fingerprint density at radius 1 is 1.15 bits per heavy atom. The van der Waals surface area contributed by atoms with Crippen LogP contribution < -0.4 is 4.74 Å². The molecule has 0 N–H and O–H groups in total. The Labute approximate surface area is 78.5 Å². The maximum atomic E-state index is 11.8. The van der Waals surface area contributed by atoms with E-state index < -0.39 is 6.86 Å². The normalized spacial score (nSPS) is 11.4. The van der Waals surface area contributed by atoms with Gasteiger partial charge >= 0.3 is 0 Å². The fourth-order valence-corrected chi connectivity index (χ4v) is 1.11. The van der Waals surface area contributed by atoms with Crippen LogP contribution in [-0.2, 0) is 5.41 Å². The first-order valence-corrected chi connectivity index (χ1v) is 4.33. The molecule has 0 bridgehead atoms. The number of benzene rings is 1. The molecule has 0 heterocycles. The van der Waals surface area contributed by atoms with Gasteiger partial charge in [0, 0.05) is 0 Å². The van der Waals surface area contributed by atoms with Gasteiger partial charge in [0.2, 0.25) is 6.86 Å². The summed E-state index contributed by atoms with van der Waals surface area (Å²) < 4.78 is 16.5. The molecule has 1 nitrogen and oxygen atoms in total. The van der Waals surface area contributed by atoms with Gasteiger partial charge in [-0.2, -0.15) is 0 Å². The first-order chi connectivity index (χ1) is 6.04. The van der Waals surface area contributed by atoms with Crippen molar-refractivity contribution < 1.29 is 9.13 Å². The fourth-order valence-electron chi connectivity index (χ4n) is 1.11. The summed E-state index contributed by atoms with van der Waals surface area (Å²) in [4.78, 5) is 0. The van der Waals surface area contributed by atoms with E-state index in [1.807, 2.05) is 12.1 Å². The van der Waals surface area contributed by atoms with Gasteiger partial charge in [-0.3, -0.25) is 0 Å². The molecule has 2 heteroatoms. The summed E-state index contributed by atoms with van der Waals surface area (Å²) in [6.07, 6.45) is 0. The van der Waals surface area contributed by atoms with E-state index in [-0.39, 0.29) is 5.41 Å². The van der Waals surface area contributed by atoms with Crippen LogP contribution in [0, 0.1) is 0 Å².